The lowest BCUT2D eigenvalue weighted by atomic mass is 10.0. The lowest BCUT2D eigenvalue weighted by Crippen LogP contribution is -1.96. The van der Waals surface area contributed by atoms with Gasteiger partial charge in [-0.1, -0.05) is 68.3 Å². The second kappa shape index (κ2) is 8.09. The molecule has 1 N–H and O–H groups in total. The Morgan fingerprint density at radius 2 is 1.44 bits per heavy atom. The number of hydrogen-bond donors (Lipinski definition) is 1. The van der Waals surface area contributed by atoms with Gasteiger partial charge in [-0.2, -0.15) is 0 Å². The molecule has 4 aromatic rings. The molecule has 1 aromatic heterocycles. The summed E-state index contributed by atoms with van der Waals surface area (Å²) >= 11 is 0. The van der Waals surface area contributed by atoms with E-state index in [4.69, 9.17) is 4.74 Å². The number of unbranched alkanes of at least 4 members (excludes halogenated alkanes) is 2. The molecular formula is C24H24N2O. The van der Waals surface area contributed by atoms with Crippen LogP contribution in [0, 0.1) is 0 Å². The Bertz CT molecular complexity index is 968. The highest BCUT2D eigenvalue weighted by Crippen LogP contribution is 2.26. The predicted molar refractivity (Wildman–Crippen MR) is 112 cm³/mol. The summed E-state index contributed by atoms with van der Waals surface area (Å²) in [6, 6.07) is 24.9. The first kappa shape index (κ1) is 17.3. The molecule has 0 amide bonds. The topological polar surface area (TPSA) is 37.9 Å². The lowest BCUT2D eigenvalue weighted by Gasteiger charge is -2.07. The van der Waals surface area contributed by atoms with Gasteiger partial charge in [0.2, 0.25) is 0 Å². The first-order valence-corrected chi connectivity index (χ1v) is 9.62. The van der Waals surface area contributed by atoms with Gasteiger partial charge in [-0.15, -0.1) is 0 Å². The minimum absolute atomic E-state index is 0.791. The van der Waals surface area contributed by atoms with E-state index in [1.165, 1.54) is 24.0 Å². The van der Waals surface area contributed by atoms with Gasteiger partial charge < -0.3 is 9.72 Å². The van der Waals surface area contributed by atoms with Gasteiger partial charge in [-0.05, 0) is 41.8 Å². The fourth-order valence-corrected chi connectivity index (χ4v) is 3.20. The monoisotopic (exact) mass is 356 g/mol. The van der Waals surface area contributed by atoms with E-state index in [0.29, 0.717) is 0 Å². The van der Waals surface area contributed by atoms with Crippen molar-refractivity contribution < 1.29 is 4.74 Å². The lowest BCUT2D eigenvalue weighted by molar-refractivity contribution is 0.306. The summed E-state index contributed by atoms with van der Waals surface area (Å²) in [4.78, 5) is 8.05. The van der Waals surface area contributed by atoms with Gasteiger partial charge >= 0.3 is 0 Å². The largest absolute Gasteiger partial charge is 0.494 e. The minimum Gasteiger partial charge on any atom is -0.494 e. The van der Waals surface area contributed by atoms with Gasteiger partial charge in [0.15, 0.2) is 0 Å². The summed E-state index contributed by atoms with van der Waals surface area (Å²) < 4.78 is 5.79. The Labute approximate surface area is 160 Å². The number of nitrogens with one attached hydrogen (secondary N) is 1. The SMILES string of the molecule is CCCCCOc1ccc(-c2ccc(-c3nc4ccccc4[nH]3)cc2)cc1. The Kier molecular flexibility index (Phi) is 5.20. The summed E-state index contributed by atoms with van der Waals surface area (Å²) in [5, 5.41) is 0. The molecule has 0 aliphatic carbocycles. The molecule has 0 saturated heterocycles. The summed E-state index contributed by atoms with van der Waals surface area (Å²) in [6.07, 6.45) is 3.55. The van der Waals surface area contributed by atoms with Crippen LogP contribution in [0.5, 0.6) is 5.75 Å². The van der Waals surface area contributed by atoms with E-state index in [1.54, 1.807) is 0 Å². The Hall–Kier alpha value is -3.07. The van der Waals surface area contributed by atoms with Crippen LogP contribution in [-0.4, -0.2) is 16.6 Å². The van der Waals surface area contributed by atoms with E-state index in [0.717, 1.165) is 41.2 Å². The van der Waals surface area contributed by atoms with Gasteiger partial charge in [0, 0.05) is 5.56 Å². The highest BCUT2D eigenvalue weighted by Gasteiger charge is 2.05. The van der Waals surface area contributed by atoms with E-state index in [-0.39, 0.29) is 0 Å². The van der Waals surface area contributed by atoms with Crippen LogP contribution >= 0.6 is 0 Å². The third-order valence-electron chi connectivity index (χ3n) is 4.75. The molecule has 0 saturated carbocycles. The number of ether oxygens (including phenoxy) is 1. The predicted octanol–water partition coefficient (Wildman–Crippen LogP) is 6.47. The number of aromatic amines is 1. The molecule has 0 bridgehead atoms. The van der Waals surface area contributed by atoms with Crippen LogP contribution in [0.2, 0.25) is 0 Å². The average molecular weight is 356 g/mol. The second-order valence-electron chi connectivity index (χ2n) is 6.76. The molecule has 3 heteroatoms. The molecule has 0 fully saturated rings. The van der Waals surface area contributed by atoms with Crippen molar-refractivity contribution in [2.45, 2.75) is 26.2 Å². The molecule has 0 aliphatic rings. The van der Waals surface area contributed by atoms with E-state index >= 15 is 0 Å². The molecule has 4 rings (SSSR count). The zero-order valence-electron chi connectivity index (χ0n) is 15.6. The maximum atomic E-state index is 5.79. The van der Waals surface area contributed by atoms with Crippen LogP contribution in [0.25, 0.3) is 33.5 Å². The maximum Gasteiger partial charge on any atom is 0.138 e. The van der Waals surface area contributed by atoms with Crippen molar-refractivity contribution in [2.24, 2.45) is 0 Å². The van der Waals surface area contributed by atoms with Gasteiger partial charge in [0.25, 0.3) is 0 Å². The Balaban J connectivity index is 1.47. The number of imidazole rings is 1. The second-order valence-corrected chi connectivity index (χ2v) is 6.76. The van der Waals surface area contributed by atoms with E-state index in [1.807, 2.05) is 24.3 Å². The van der Waals surface area contributed by atoms with Crippen LogP contribution in [-0.2, 0) is 0 Å². The van der Waals surface area contributed by atoms with Crippen molar-refractivity contribution in [1.82, 2.24) is 9.97 Å². The van der Waals surface area contributed by atoms with Crippen molar-refractivity contribution in [3.63, 3.8) is 0 Å². The van der Waals surface area contributed by atoms with Crippen LogP contribution < -0.4 is 4.74 Å². The normalized spacial score (nSPS) is 11.0. The standard InChI is InChI=1S/C24H24N2O/c1-2-3-6-17-27-21-15-13-19(14-16-21)18-9-11-20(12-10-18)24-25-22-7-4-5-8-23(22)26-24/h4-5,7-16H,2-3,6,17H2,1H3,(H,25,26). The van der Waals surface area contributed by atoms with Crippen LogP contribution in [0.3, 0.4) is 0 Å². The van der Waals surface area contributed by atoms with E-state index in [9.17, 15) is 0 Å². The number of rotatable bonds is 7. The average Bonchev–Trinajstić information content (AvgIpc) is 3.16. The zero-order chi connectivity index (χ0) is 18.5. The third-order valence-corrected chi connectivity index (χ3v) is 4.75. The number of para-hydroxylation sites is 2. The first-order valence-electron chi connectivity index (χ1n) is 9.62. The minimum atomic E-state index is 0.791. The smallest absolute Gasteiger partial charge is 0.138 e. The molecular weight excluding hydrogens is 332 g/mol. The molecule has 1 heterocycles. The summed E-state index contributed by atoms with van der Waals surface area (Å²) in [7, 11) is 0. The maximum absolute atomic E-state index is 5.79. The molecule has 0 spiro atoms. The van der Waals surface area contributed by atoms with Crippen molar-refractivity contribution in [1.29, 1.82) is 0 Å². The van der Waals surface area contributed by atoms with E-state index in [2.05, 4.69) is 65.4 Å². The Morgan fingerprint density at radius 3 is 2.15 bits per heavy atom. The molecule has 3 nitrogen and oxygen atoms in total. The summed E-state index contributed by atoms with van der Waals surface area (Å²) in [6.45, 7) is 2.99. The molecule has 27 heavy (non-hydrogen) atoms. The third kappa shape index (κ3) is 4.03. The summed E-state index contributed by atoms with van der Waals surface area (Å²) in [5.74, 6) is 1.84. The number of fused-ring (bicyclic) bond motifs is 1. The first-order chi connectivity index (χ1) is 13.3. The van der Waals surface area contributed by atoms with Crippen molar-refractivity contribution in [2.75, 3.05) is 6.61 Å². The number of benzene rings is 3. The van der Waals surface area contributed by atoms with Crippen LogP contribution in [0.4, 0.5) is 0 Å². The molecule has 0 atom stereocenters. The molecule has 0 unspecified atom stereocenters. The van der Waals surface area contributed by atoms with Gasteiger partial charge in [-0.25, -0.2) is 4.98 Å². The molecule has 136 valence electrons. The van der Waals surface area contributed by atoms with Gasteiger partial charge in [-0.3, -0.25) is 0 Å². The van der Waals surface area contributed by atoms with Gasteiger partial charge in [0.1, 0.15) is 11.6 Å². The van der Waals surface area contributed by atoms with Crippen molar-refractivity contribution >= 4 is 11.0 Å². The van der Waals surface area contributed by atoms with Crippen LogP contribution in [0.1, 0.15) is 26.2 Å². The molecule has 0 aliphatic heterocycles. The molecule has 0 radical (unpaired) electrons. The Morgan fingerprint density at radius 1 is 0.778 bits per heavy atom. The van der Waals surface area contributed by atoms with Crippen LogP contribution in [0.15, 0.2) is 72.8 Å². The fourth-order valence-electron chi connectivity index (χ4n) is 3.20. The number of nitrogens with zero attached hydrogens (tertiary/aromatic N) is 1. The number of aromatic nitrogens is 2. The highest BCUT2D eigenvalue weighted by atomic mass is 16.5. The highest BCUT2D eigenvalue weighted by molar-refractivity contribution is 5.79. The van der Waals surface area contributed by atoms with E-state index < -0.39 is 0 Å². The number of H-pyrrole nitrogens is 1. The van der Waals surface area contributed by atoms with Gasteiger partial charge in [0.05, 0.1) is 17.6 Å². The van der Waals surface area contributed by atoms with Crippen molar-refractivity contribution in [3.05, 3.63) is 72.8 Å². The van der Waals surface area contributed by atoms with Crippen molar-refractivity contribution in [3.8, 4) is 28.3 Å². The fraction of sp³-hybridized carbons (Fsp3) is 0.208. The summed E-state index contributed by atoms with van der Waals surface area (Å²) in [5.41, 5.74) is 5.52. The quantitative estimate of drug-likeness (QED) is 0.386. The molecule has 3 aromatic carbocycles. The number of hydrogen-bond acceptors (Lipinski definition) is 2. The zero-order valence-corrected chi connectivity index (χ0v) is 15.6.